The second-order valence-electron chi connectivity index (χ2n) is 9.09. The summed E-state index contributed by atoms with van der Waals surface area (Å²) in [5.74, 6) is -1.29. The average molecular weight is 466 g/mol. The Kier molecular flexibility index (Phi) is 5.43. The quantitative estimate of drug-likeness (QED) is 0.609. The Hall–Kier alpha value is -3.60. The molecule has 4 heterocycles. The van der Waals surface area contributed by atoms with Crippen molar-refractivity contribution in [1.29, 1.82) is 0 Å². The zero-order chi connectivity index (χ0) is 24.0. The van der Waals surface area contributed by atoms with Crippen LogP contribution in [0.1, 0.15) is 65.4 Å². The predicted octanol–water partition coefficient (Wildman–Crippen LogP) is 0.405. The molecule has 2 N–H and O–H groups in total. The number of rotatable bonds is 5. The van der Waals surface area contributed by atoms with Crippen molar-refractivity contribution in [3.8, 4) is 5.69 Å². The maximum atomic E-state index is 13.1. The average Bonchev–Trinajstić information content (AvgIpc) is 3.56. The van der Waals surface area contributed by atoms with Gasteiger partial charge in [-0.25, -0.2) is 4.68 Å². The monoisotopic (exact) mass is 466 g/mol. The highest BCUT2D eigenvalue weighted by Crippen LogP contribution is 2.33. The maximum Gasteiger partial charge on any atom is 0.276 e. The van der Waals surface area contributed by atoms with Crippen molar-refractivity contribution in [2.24, 2.45) is 0 Å². The lowest BCUT2D eigenvalue weighted by Gasteiger charge is -2.35. The molecule has 178 valence electrons. The number of nitrogens with zero attached hydrogens (tertiary/aromatic N) is 5. The Morgan fingerprint density at radius 2 is 2.12 bits per heavy atom. The summed E-state index contributed by atoms with van der Waals surface area (Å²) in [6.07, 6.45) is 4.29. The van der Waals surface area contributed by atoms with Crippen LogP contribution in [-0.4, -0.2) is 78.3 Å². The van der Waals surface area contributed by atoms with E-state index in [0.717, 1.165) is 18.4 Å². The number of benzene rings is 1. The molecule has 5 rings (SSSR count). The van der Waals surface area contributed by atoms with Gasteiger partial charge in [-0.1, -0.05) is 12.1 Å². The van der Waals surface area contributed by atoms with Crippen LogP contribution in [0.15, 0.2) is 24.4 Å². The fourth-order valence-electron chi connectivity index (χ4n) is 5.23. The molecular formula is C23H26N6O5. The van der Waals surface area contributed by atoms with Gasteiger partial charge in [0.1, 0.15) is 6.04 Å². The van der Waals surface area contributed by atoms with Gasteiger partial charge >= 0.3 is 0 Å². The Balaban J connectivity index is 1.36. The highest BCUT2D eigenvalue weighted by atomic mass is 16.3. The van der Waals surface area contributed by atoms with Gasteiger partial charge < -0.3 is 14.9 Å². The molecule has 3 aliphatic heterocycles. The third-order valence-electron chi connectivity index (χ3n) is 7.28. The molecule has 2 atom stereocenters. The number of aliphatic hydroxyl groups is 1. The minimum atomic E-state index is -0.678. The van der Waals surface area contributed by atoms with Gasteiger partial charge in [0.15, 0.2) is 5.69 Å². The van der Waals surface area contributed by atoms with Crippen LogP contribution in [0, 0.1) is 0 Å². The van der Waals surface area contributed by atoms with Crippen LogP contribution in [0.2, 0.25) is 0 Å². The molecular weight excluding hydrogens is 440 g/mol. The number of aromatic nitrogens is 3. The molecule has 1 aromatic heterocycles. The van der Waals surface area contributed by atoms with Crippen molar-refractivity contribution in [3.63, 3.8) is 0 Å². The van der Waals surface area contributed by atoms with Gasteiger partial charge in [0.05, 0.1) is 24.0 Å². The number of fused-ring (bicyclic) bond motifs is 1. The van der Waals surface area contributed by atoms with Crippen molar-refractivity contribution >= 4 is 23.6 Å². The Labute approximate surface area is 195 Å². The summed E-state index contributed by atoms with van der Waals surface area (Å²) in [5.41, 5.74) is 1.50. The van der Waals surface area contributed by atoms with E-state index < -0.39 is 17.5 Å². The molecule has 0 radical (unpaired) electrons. The smallest absolute Gasteiger partial charge is 0.276 e. The number of hydrogen-bond donors (Lipinski definition) is 2. The molecule has 2 saturated heterocycles. The van der Waals surface area contributed by atoms with Crippen LogP contribution in [0.5, 0.6) is 0 Å². The van der Waals surface area contributed by atoms with E-state index in [1.165, 1.54) is 9.58 Å². The van der Waals surface area contributed by atoms with Crippen LogP contribution in [0.3, 0.4) is 0 Å². The Morgan fingerprint density at radius 1 is 1.29 bits per heavy atom. The van der Waals surface area contributed by atoms with E-state index in [0.29, 0.717) is 30.6 Å². The molecule has 11 nitrogen and oxygen atoms in total. The molecule has 4 amide bonds. The molecule has 2 fully saturated rings. The number of aliphatic hydroxyl groups excluding tert-OH is 1. The molecule has 0 spiro atoms. The normalized spacial score (nSPS) is 24.5. The number of amides is 4. The Bertz CT molecular complexity index is 1190. The molecule has 2 aromatic rings. The second-order valence-corrected chi connectivity index (χ2v) is 9.09. The zero-order valence-electron chi connectivity index (χ0n) is 18.9. The first kappa shape index (κ1) is 22.2. The predicted molar refractivity (Wildman–Crippen MR) is 118 cm³/mol. The lowest BCUT2D eigenvalue weighted by atomic mass is 9.94. The fourth-order valence-corrected chi connectivity index (χ4v) is 5.23. The number of carbonyl (C=O) groups excluding carboxylic acids is 4. The minimum absolute atomic E-state index is 0.0914. The van der Waals surface area contributed by atoms with Gasteiger partial charge in [-0.2, -0.15) is 0 Å². The van der Waals surface area contributed by atoms with Crippen molar-refractivity contribution in [3.05, 3.63) is 41.2 Å². The van der Waals surface area contributed by atoms with Gasteiger partial charge in [-0.15, -0.1) is 5.10 Å². The van der Waals surface area contributed by atoms with Gasteiger partial charge in [-0.05, 0) is 49.4 Å². The summed E-state index contributed by atoms with van der Waals surface area (Å²) in [7, 11) is 0. The van der Waals surface area contributed by atoms with Gasteiger partial charge in [-0.3, -0.25) is 24.5 Å². The van der Waals surface area contributed by atoms with Crippen LogP contribution in [0.25, 0.3) is 5.69 Å². The summed E-state index contributed by atoms with van der Waals surface area (Å²) in [6.45, 7) is 2.68. The van der Waals surface area contributed by atoms with Gasteiger partial charge in [0, 0.05) is 25.1 Å². The van der Waals surface area contributed by atoms with E-state index in [9.17, 15) is 24.3 Å². The first-order valence-corrected chi connectivity index (χ1v) is 11.5. The highest BCUT2D eigenvalue weighted by Gasteiger charge is 2.43. The van der Waals surface area contributed by atoms with E-state index >= 15 is 0 Å². The van der Waals surface area contributed by atoms with Crippen LogP contribution >= 0.6 is 0 Å². The van der Waals surface area contributed by atoms with E-state index in [1.807, 2.05) is 6.92 Å². The number of hydrogen-bond acceptors (Lipinski definition) is 7. The summed E-state index contributed by atoms with van der Waals surface area (Å²) in [6, 6.07) is 4.51. The minimum Gasteiger partial charge on any atom is -0.394 e. The van der Waals surface area contributed by atoms with Crippen LogP contribution in [-0.2, 0) is 16.1 Å². The van der Waals surface area contributed by atoms with Gasteiger partial charge in [0.25, 0.3) is 11.8 Å². The van der Waals surface area contributed by atoms with Crippen LogP contribution < -0.4 is 5.32 Å². The number of imide groups is 1. The standard InChI is InChI=1S/C23H26N6O5/c1-2-23(13-30)8-3-9-28(23)22(34)17-12-29(26-25-17)15-4-5-16-14(10-15)11-27(21(16)33)18-6-7-19(31)24-20(18)32/h4-5,10,12,18,30H,2-3,6-9,11,13H2,1H3,(H,24,31,32). The first-order chi connectivity index (χ1) is 16.4. The zero-order valence-corrected chi connectivity index (χ0v) is 18.9. The number of piperidine rings is 1. The van der Waals surface area contributed by atoms with Crippen molar-refractivity contribution in [2.45, 2.75) is 57.2 Å². The number of nitrogens with one attached hydrogen (secondary N) is 1. The van der Waals surface area contributed by atoms with Crippen LogP contribution in [0.4, 0.5) is 0 Å². The number of likely N-dealkylation sites (tertiary alicyclic amines) is 1. The SMILES string of the molecule is CCC1(CO)CCCN1C(=O)c1cn(-c2ccc3c(c2)CN(C2CCC(=O)NC2=O)C3=O)nn1. The molecule has 2 unspecified atom stereocenters. The molecule has 34 heavy (non-hydrogen) atoms. The summed E-state index contributed by atoms with van der Waals surface area (Å²) < 4.78 is 1.48. The first-order valence-electron chi connectivity index (χ1n) is 11.5. The van der Waals surface area contributed by atoms with E-state index in [-0.39, 0.29) is 43.0 Å². The molecule has 1 aromatic carbocycles. The molecule has 0 bridgehead atoms. The van der Waals surface area contributed by atoms with Crippen molar-refractivity contribution in [1.82, 2.24) is 30.1 Å². The molecule has 3 aliphatic rings. The maximum absolute atomic E-state index is 13.1. The largest absolute Gasteiger partial charge is 0.394 e. The summed E-state index contributed by atoms with van der Waals surface area (Å²) in [4.78, 5) is 52.9. The topological polar surface area (TPSA) is 138 Å². The van der Waals surface area contributed by atoms with Crippen molar-refractivity contribution < 1.29 is 24.3 Å². The third kappa shape index (κ3) is 3.47. The molecule has 0 saturated carbocycles. The van der Waals surface area contributed by atoms with Crippen molar-refractivity contribution in [2.75, 3.05) is 13.2 Å². The number of carbonyl (C=O) groups is 4. The highest BCUT2D eigenvalue weighted by molar-refractivity contribution is 6.05. The fraction of sp³-hybridized carbons (Fsp3) is 0.478. The third-order valence-corrected chi connectivity index (χ3v) is 7.28. The van der Waals surface area contributed by atoms with Gasteiger partial charge in [0.2, 0.25) is 11.8 Å². The summed E-state index contributed by atoms with van der Waals surface area (Å²) >= 11 is 0. The molecule has 0 aliphatic carbocycles. The van der Waals surface area contributed by atoms with E-state index in [4.69, 9.17) is 0 Å². The molecule has 11 heteroatoms. The van der Waals surface area contributed by atoms with E-state index in [2.05, 4.69) is 15.6 Å². The second kappa shape index (κ2) is 8.32. The van der Waals surface area contributed by atoms with E-state index in [1.54, 1.807) is 29.3 Å². The summed E-state index contributed by atoms with van der Waals surface area (Å²) in [5, 5.41) is 20.4. The lowest BCUT2D eigenvalue weighted by Crippen LogP contribution is -2.52. The lowest BCUT2D eigenvalue weighted by molar-refractivity contribution is -0.136. The Morgan fingerprint density at radius 3 is 2.85 bits per heavy atom.